The highest BCUT2D eigenvalue weighted by Gasteiger charge is 2.16. The number of rotatable bonds is 5. The van der Waals surface area contributed by atoms with Gasteiger partial charge < -0.3 is 11.1 Å². The minimum absolute atomic E-state index is 0.116. The number of nitrogens with two attached hydrogens (primary N) is 1. The quantitative estimate of drug-likeness (QED) is 0.826. The average Bonchev–Trinajstić information content (AvgIpc) is 2.96. The molecule has 0 aliphatic heterocycles. The van der Waals surface area contributed by atoms with Gasteiger partial charge in [-0.2, -0.15) is 0 Å². The summed E-state index contributed by atoms with van der Waals surface area (Å²) in [7, 11) is 1.92. The Labute approximate surface area is 133 Å². The van der Waals surface area contributed by atoms with Crippen molar-refractivity contribution < 1.29 is 4.79 Å². The fourth-order valence-corrected chi connectivity index (χ4v) is 2.96. The number of amides is 1. The second-order valence-electron chi connectivity index (χ2n) is 4.89. The minimum atomic E-state index is -0.116. The zero-order valence-electron chi connectivity index (χ0n) is 12.0. The first-order valence-electron chi connectivity index (χ1n) is 6.56. The van der Waals surface area contributed by atoms with Gasteiger partial charge in [-0.3, -0.25) is 9.69 Å². The molecule has 1 unspecified atom stereocenters. The van der Waals surface area contributed by atoms with Crippen LogP contribution >= 0.6 is 22.9 Å². The van der Waals surface area contributed by atoms with Gasteiger partial charge in [0.2, 0.25) is 5.91 Å². The first kappa shape index (κ1) is 15.8. The second-order valence-corrected chi connectivity index (χ2v) is 6.30. The molecule has 0 radical (unpaired) electrons. The number of hydrogen-bond donors (Lipinski definition) is 2. The molecule has 1 heterocycles. The van der Waals surface area contributed by atoms with Gasteiger partial charge in [0, 0.05) is 15.9 Å². The van der Waals surface area contributed by atoms with Gasteiger partial charge in [0.05, 0.1) is 17.9 Å². The lowest BCUT2D eigenvalue weighted by atomic mass is 10.2. The third kappa shape index (κ3) is 4.20. The minimum Gasteiger partial charge on any atom is -0.397 e. The Morgan fingerprint density at radius 1 is 1.48 bits per heavy atom. The lowest BCUT2D eigenvalue weighted by Gasteiger charge is -2.23. The van der Waals surface area contributed by atoms with Crippen LogP contribution in [0.15, 0.2) is 35.7 Å². The zero-order valence-corrected chi connectivity index (χ0v) is 13.5. The summed E-state index contributed by atoms with van der Waals surface area (Å²) >= 11 is 7.59. The van der Waals surface area contributed by atoms with Gasteiger partial charge in [0.1, 0.15) is 0 Å². The number of carbonyl (C=O) groups is 1. The third-order valence-electron chi connectivity index (χ3n) is 3.30. The van der Waals surface area contributed by atoms with Crippen LogP contribution in [0.2, 0.25) is 5.02 Å². The molecule has 21 heavy (non-hydrogen) atoms. The SMILES string of the molecule is CC(c1cccs1)N(C)CC(=O)Nc1cc(Cl)ccc1N. The zero-order chi connectivity index (χ0) is 15.4. The van der Waals surface area contributed by atoms with Crippen molar-refractivity contribution in [3.05, 3.63) is 45.6 Å². The molecule has 0 saturated heterocycles. The molecule has 0 fully saturated rings. The van der Waals surface area contributed by atoms with Crippen molar-refractivity contribution in [2.45, 2.75) is 13.0 Å². The van der Waals surface area contributed by atoms with Gasteiger partial charge in [-0.05, 0) is 43.6 Å². The number of benzene rings is 1. The van der Waals surface area contributed by atoms with E-state index in [1.165, 1.54) is 4.88 Å². The fraction of sp³-hybridized carbons (Fsp3) is 0.267. The maximum Gasteiger partial charge on any atom is 0.238 e. The first-order valence-corrected chi connectivity index (χ1v) is 7.81. The Kier molecular flexibility index (Phi) is 5.22. The molecular formula is C15H18ClN3OS. The van der Waals surface area contributed by atoms with Gasteiger partial charge in [-0.25, -0.2) is 0 Å². The second kappa shape index (κ2) is 6.93. The van der Waals surface area contributed by atoms with Gasteiger partial charge in [0.15, 0.2) is 0 Å². The first-order chi connectivity index (χ1) is 9.97. The Morgan fingerprint density at radius 3 is 2.90 bits per heavy atom. The molecule has 0 aliphatic rings. The number of likely N-dealkylation sites (N-methyl/N-ethyl adjacent to an activating group) is 1. The number of nitrogen functional groups attached to an aromatic ring is 1. The summed E-state index contributed by atoms with van der Waals surface area (Å²) in [5, 5.41) is 5.37. The van der Waals surface area contributed by atoms with Crippen LogP contribution in [-0.2, 0) is 4.79 Å². The fourth-order valence-electron chi connectivity index (χ4n) is 1.94. The van der Waals surface area contributed by atoms with Gasteiger partial charge >= 0.3 is 0 Å². The molecular weight excluding hydrogens is 306 g/mol. The highest BCUT2D eigenvalue weighted by Crippen LogP contribution is 2.24. The Hall–Kier alpha value is -1.56. The van der Waals surface area contributed by atoms with Crippen molar-refractivity contribution in [2.75, 3.05) is 24.6 Å². The highest BCUT2D eigenvalue weighted by atomic mass is 35.5. The van der Waals surface area contributed by atoms with Gasteiger partial charge in [-0.1, -0.05) is 17.7 Å². The molecule has 112 valence electrons. The van der Waals surface area contributed by atoms with Crippen LogP contribution in [0.4, 0.5) is 11.4 Å². The molecule has 0 aliphatic carbocycles. The van der Waals surface area contributed by atoms with E-state index in [-0.39, 0.29) is 18.5 Å². The van der Waals surface area contributed by atoms with E-state index in [4.69, 9.17) is 17.3 Å². The molecule has 2 rings (SSSR count). The summed E-state index contributed by atoms with van der Waals surface area (Å²) < 4.78 is 0. The van der Waals surface area contributed by atoms with E-state index in [1.54, 1.807) is 29.5 Å². The molecule has 1 aromatic carbocycles. The van der Waals surface area contributed by atoms with Crippen LogP contribution in [0.3, 0.4) is 0 Å². The monoisotopic (exact) mass is 323 g/mol. The van der Waals surface area contributed by atoms with Crippen molar-refractivity contribution in [3.63, 3.8) is 0 Å². The predicted octanol–water partition coefficient (Wildman–Crippen LogP) is 3.62. The number of thiophene rings is 1. The molecule has 0 saturated carbocycles. The standard InChI is InChI=1S/C15H18ClN3OS/c1-10(14-4-3-7-21-14)19(2)9-15(20)18-13-8-11(16)5-6-12(13)17/h3-8,10H,9,17H2,1-2H3,(H,18,20). The van der Waals surface area contributed by atoms with E-state index in [9.17, 15) is 4.79 Å². The third-order valence-corrected chi connectivity index (χ3v) is 4.58. The van der Waals surface area contributed by atoms with Crippen molar-refractivity contribution in [1.82, 2.24) is 4.90 Å². The average molecular weight is 324 g/mol. The van der Waals surface area contributed by atoms with Crippen molar-refractivity contribution >= 4 is 40.2 Å². The molecule has 6 heteroatoms. The van der Waals surface area contributed by atoms with Crippen LogP contribution in [0.25, 0.3) is 0 Å². The van der Waals surface area contributed by atoms with E-state index in [1.807, 2.05) is 23.4 Å². The normalized spacial score (nSPS) is 12.4. The van der Waals surface area contributed by atoms with Crippen LogP contribution < -0.4 is 11.1 Å². The number of nitrogens with zero attached hydrogens (tertiary/aromatic N) is 1. The van der Waals surface area contributed by atoms with Crippen molar-refractivity contribution in [2.24, 2.45) is 0 Å². The molecule has 4 nitrogen and oxygen atoms in total. The Balaban J connectivity index is 1.96. The summed E-state index contributed by atoms with van der Waals surface area (Å²) in [5.41, 5.74) is 6.87. The maximum atomic E-state index is 12.1. The van der Waals surface area contributed by atoms with Gasteiger partial charge in [-0.15, -0.1) is 11.3 Å². The van der Waals surface area contributed by atoms with Crippen molar-refractivity contribution in [3.8, 4) is 0 Å². The maximum absolute atomic E-state index is 12.1. The summed E-state index contributed by atoms with van der Waals surface area (Å²) in [5.74, 6) is -0.116. The van der Waals surface area contributed by atoms with E-state index >= 15 is 0 Å². The number of halogens is 1. The van der Waals surface area contributed by atoms with Gasteiger partial charge in [0.25, 0.3) is 0 Å². The smallest absolute Gasteiger partial charge is 0.238 e. The van der Waals surface area contributed by atoms with Crippen molar-refractivity contribution in [1.29, 1.82) is 0 Å². The van der Waals surface area contributed by atoms with Crippen LogP contribution in [0.1, 0.15) is 17.8 Å². The van der Waals surface area contributed by atoms with E-state index in [0.29, 0.717) is 16.4 Å². The number of carbonyl (C=O) groups excluding carboxylic acids is 1. The van der Waals surface area contributed by atoms with E-state index in [2.05, 4.69) is 18.3 Å². The number of nitrogens with one attached hydrogen (secondary N) is 1. The van der Waals surface area contributed by atoms with Crippen LogP contribution in [0.5, 0.6) is 0 Å². The topological polar surface area (TPSA) is 58.4 Å². The molecule has 0 spiro atoms. The largest absolute Gasteiger partial charge is 0.397 e. The molecule has 1 aromatic heterocycles. The molecule has 0 bridgehead atoms. The van der Waals surface area contributed by atoms with E-state index in [0.717, 1.165) is 0 Å². The Morgan fingerprint density at radius 2 is 2.24 bits per heavy atom. The van der Waals surface area contributed by atoms with Crippen LogP contribution in [0, 0.1) is 0 Å². The summed E-state index contributed by atoms with van der Waals surface area (Å²) in [6.07, 6.45) is 0. The summed E-state index contributed by atoms with van der Waals surface area (Å²) in [6, 6.07) is 9.29. The number of anilines is 2. The lowest BCUT2D eigenvalue weighted by Crippen LogP contribution is -2.32. The summed E-state index contributed by atoms with van der Waals surface area (Å²) in [6.45, 7) is 2.36. The number of hydrogen-bond acceptors (Lipinski definition) is 4. The predicted molar refractivity (Wildman–Crippen MR) is 89.9 cm³/mol. The molecule has 1 amide bonds. The Bertz CT molecular complexity index is 615. The van der Waals surface area contributed by atoms with Crippen LogP contribution in [-0.4, -0.2) is 24.4 Å². The highest BCUT2D eigenvalue weighted by molar-refractivity contribution is 7.10. The summed E-state index contributed by atoms with van der Waals surface area (Å²) in [4.78, 5) is 15.3. The lowest BCUT2D eigenvalue weighted by molar-refractivity contribution is -0.117. The molecule has 2 aromatic rings. The molecule has 1 atom stereocenters. The molecule has 3 N–H and O–H groups in total. The van der Waals surface area contributed by atoms with E-state index < -0.39 is 0 Å².